The van der Waals surface area contributed by atoms with Gasteiger partial charge in [-0.1, -0.05) is 13.8 Å². The summed E-state index contributed by atoms with van der Waals surface area (Å²) < 4.78 is 5.35. The average Bonchev–Trinajstić information content (AvgIpc) is 2.51. The fourth-order valence-corrected chi connectivity index (χ4v) is 3.33. The molecule has 0 unspecified atom stereocenters. The molecule has 0 radical (unpaired) electrons. The molecule has 1 rings (SSSR count). The number of hydrogen-bond acceptors (Lipinski definition) is 5. The Morgan fingerprint density at radius 3 is 2.27 bits per heavy atom. The van der Waals surface area contributed by atoms with Crippen LogP contribution in [0.3, 0.4) is 0 Å². The van der Waals surface area contributed by atoms with Gasteiger partial charge in [-0.15, -0.1) is 0 Å². The number of aliphatic hydroxyl groups excluding tert-OH is 1. The van der Waals surface area contributed by atoms with Crippen molar-refractivity contribution in [3.8, 4) is 0 Å². The number of amides is 2. The molecule has 8 heteroatoms. The first-order valence-corrected chi connectivity index (χ1v) is 8.97. The molecule has 0 aromatic carbocycles. The summed E-state index contributed by atoms with van der Waals surface area (Å²) >= 11 is 0. The lowest BCUT2D eigenvalue weighted by molar-refractivity contribution is -0.154. The molecule has 0 aromatic rings. The maximum absolute atomic E-state index is 12.8. The first kappa shape index (κ1) is 22.2. The van der Waals surface area contributed by atoms with Crippen molar-refractivity contribution in [2.24, 2.45) is 17.8 Å². The van der Waals surface area contributed by atoms with Crippen LogP contribution in [0.2, 0.25) is 0 Å². The Hall–Kier alpha value is -1.83. The largest absolute Gasteiger partial charge is 0.480 e. The molecular weight excluding hydrogens is 340 g/mol. The molecule has 0 bridgehead atoms. The van der Waals surface area contributed by atoms with Gasteiger partial charge < -0.3 is 24.7 Å². The Bertz CT molecular complexity index is 528. The number of aliphatic carboxylic acids is 1. The van der Waals surface area contributed by atoms with E-state index < -0.39 is 35.5 Å². The maximum Gasteiger partial charge on any atom is 0.410 e. The number of likely N-dealkylation sites (N-methyl/N-ethyl adjacent to an activating group) is 1. The second-order valence-electron chi connectivity index (χ2n) is 8.24. The Labute approximate surface area is 155 Å². The van der Waals surface area contributed by atoms with Crippen LogP contribution < -0.4 is 0 Å². The van der Waals surface area contributed by atoms with Gasteiger partial charge in [0.1, 0.15) is 11.6 Å². The monoisotopic (exact) mass is 372 g/mol. The number of likely N-dealkylation sites (tertiary alicyclic amines) is 1. The van der Waals surface area contributed by atoms with Gasteiger partial charge in [-0.25, -0.2) is 9.59 Å². The number of carboxylic acids is 1. The highest BCUT2D eigenvalue weighted by Gasteiger charge is 2.40. The zero-order valence-electron chi connectivity index (χ0n) is 16.6. The number of piperidine rings is 1. The van der Waals surface area contributed by atoms with Crippen LogP contribution in [-0.4, -0.2) is 76.4 Å². The predicted octanol–water partition coefficient (Wildman–Crippen LogP) is 1.42. The molecular formula is C18H32N2O6. The van der Waals surface area contributed by atoms with Crippen molar-refractivity contribution >= 4 is 18.0 Å². The SMILES string of the molecule is CC(C)[C@@H](C(=O)O)N(C)C(=O)[C@@H]1CCN(C(=O)OC(C)(C)C)C[C@@H]1CO. The molecule has 2 N–H and O–H groups in total. The molecule has 2 amide bonds. The molecule has 1 aliphatic rings. The van der Waals surface area contributed by atoms with Gasteiger partial charge in [0.25, 0.3) is 0 Å². The zero-order chi connectivity index (χ0) is 20.2. The standard InChI is InChI=1S/C18H32N2O6/c1-11(2)14(16(23)24)19(6)15(22)13-7-8-20(9-12(13)10-21)17(25)26-18(3,4)5/h11-14,21H,7-10H2,1-6H3,(H,23,24)/t12-,13-,14+/m1/s1. The fraction of sp³-hybridized carbons (Fsp3) is 0.833. The van der Waals surface area contributed by atoms with Gasteiger partial charge in [0, 0.05) is 38.6 Å². The van der Waals surface area contributed by atoms with Gasteiger partial charge in [-0.2, -0.15) is 0 Å². The normalized spacial score (nSPS) is 22.1. The first-order valence-electron chi connectivity index (χ1n) is 8.97. The minimum Gasteiger partial charge on any atom is -0.480 e. The number of carboxylic acid groups (broad SMARTS) is 1. The maximum atomic E-state index is 12.8. The molecule has 3 atom stereocenters. The lowest BCUT2D eigenvalue weighted by Gasteiger charge is -2.40. The Morgan fingerprint density at radius 1 is 1.27 bits per heavy atom. The molecule has 150 valence electrons. The Morgan fingerprint density at radius 2 is 1.85 bits per heavy atom. The molecule has 8 nitrogen and oxygen atoms in total. The minimum absolute atomic E-state index is 0.203. The van der Waals surface area contributed by atoms with Gasteiger partial charge in [0.05, 0.1) is 0 Å². The average molecular weight is 372 g/mol. The van der Waals surface area contributed by atoms with E-state index in [2.05, 4.69) is 0 Å². The highest BCUT2D eigenvalue weighted by molar-refractivity contribution is 5.85. The lowest BCUT2D eigenvalue weighted by atomic mass is 9.84. The zero-order valence-corrected chi connectivity index (χ0v) is 16.6. The van der Waals surface area contributed by atoms with E-state index in [1.807, 2.05) is 0 Å². The van der Waals surface area contributed by atoms with Crippen molar-refractivity contribution in [1.29, 1.82) is 0 Å². The van der Waals surface area contributed by atoms with E-state index in [0.717, 1.165) is 0 Å². The summed E-state index contributed by atoms with van der Waals surface area (Å²) in [4.78, 5) is 39.3. The summed E-state index contributed by atoms with van der Waals surface area (Å²) in [7, 11) is 1.48. The number of hydrogen-bond donors (Lipinski definition) is 2. The van der Waals surface area contributed by atoms with Gasteiger partial charge >= 0.3 is 12.1 Å². The summed E-state index contributed by atoms with van der Waals surface area (Å²) in [6.07, 6.45) is -0.112. The van der Waals surface area contributed by atoms with Crippen LogP contribution in [0.1, 0.15) is 41.0 Å². The molecule has 26 heavy (non-hydrogen) atoms. The highest BCUT2D eigenvalue weighted by atomic mass is 16.6. The summed E-state index contributed by atoms with van der Waals surface area (Å²) in [5.41, 5.74) is -0.620. The van der Waals surface area contributed by atoms with Crippen LogP contribution in [0.5, 0.6) is 0 Å². The van der Waals surface area contributed by atoms with E-state index in [0.29, 0.717) is 13.0 Å². The molecule has 1 aliphatic heterocycles. The van der Waals surface area contributed by atoms with Gasteiger partial charge in [-0.05, 0) is 33.1 Å². The van der Waals surface area contributed by atoms with E-state index in [1.165, 1.54) is 16.8 Å². The third-order valence-corrected chi connectivity index (χ3v) is 4.59. The van der Waals surface area contributed by atoms with E-state index in [-0.39, 0.29) is 25.0 Å². The molecule has 1 saturated heterocycles. The summed E-state index contributed by atoms with van der Waals surface area (Å²) in [5.74, 6) is -2.58. The Kier molecular flexibility index (Phi) is 7.44. The Balaban J connectivity index is 2.85. The molecule has 0 spiro atoms. The topological polar surface area (TPSA) is 107 Å². The number of aliphatic hydroxyl groups is 1. The van der Waals surface area contributed by atoms with E-state index >= 15 is 0 Å². The van der Waals surface area contributed by atoms with Crippen molar-refractivity contribution in [2.75, 3.05) is 26.7 Å². The quantitative estimate of drug-likeness (QED) is 0.756. The summed E-state index contributed by atoms with van der Waals surface area (Å²) in [6.45, 7) is 9.09. The summed E-state index contributed by atoms with van der Waals surface area (Å²) in [5, 5.41) is 19.1. The number of ether oxygens (including phenoxy) is 1. The van der Waals surface area contributed by atoms with E-state index in [4.69, 9.17) is 4.74 Å². The second-order valence-corrected chi connectivity index (χ2v) is 8.24. The summed E-state index contributed by atoms with van der Waals surface area (Å²) in [6, 6.07) is -0.925. The molecule has 1 fully saturated rings. The highest BCUT2D eigenvalue weighted by Crippen LogP contribution is 2.28. The smallest absolute Gasteiger partial charge is 0.410 e. The minimum atomic E-state index is -1.05. The van der Waals surface area contributed by atoms with Crippen molar-refractivity contribution in [3.05, 3.63) is 0 Å². The van der Waals surface area contributed by atoms with Gasteiger partial charge in [-0.3, -0.25) is 4.79 Å². The predicted molar refractivity (Wildman–Crippen MR) is 95.5 cm³/mol. The van der Waals surface area contributed by atoms with E-state index in [1.54, 1.807) is 34.6 Å². The fourth-order valence-electron chi connectivity index (χ4n) is 3.33. The third-order valence-electron chi connectivity index (χ3n) is 4.59. The third kappa shape index (κ3) is 5.59. The molecule has 0 aliphatic carbocycles. The van der Waals surface area contributed by atoms with Crippen molar-refractivity contribution in [2.45, 2.75) is 52.7 Å². The molecule has 0 aromatic heterocycles. The molecule has 1 heterocycles. The van der Waals surface area contributed by atoms with Gasteiger partial charge in [0.15, 0.2) is 0 Å². The van der Waals surface area contributed by atoms with Crippen molar-refractivity contribution in [3.63, 3.8) is 0 Å². The van der Waals surface area contributed by atoms with Crippen LogP contribution in [0.4, 0.5) is 4.79 Å². The number of carbonyl (C=O) groups excluding carboxylic acids is 2. The van der Waals surface area contributed by atoms with Crippen LogP contribution in [0.15, 0.2) is 0 Å². The van der Waals surface area contributed by atoms with Crippen LogP contribution in [0.25, 0.3) is 0 Å². The number of carbonyl (C=O) groups is 3. The van der Waals surface area contributed by atoms with Crippen LogP contribution >= 0.6 is 0 Å². The van der Waals surface area contributed by atoms with Crippen LogP contribution in [0, 0.1) is 17.8 Å². The van der Waals surface area contributed by atoms with E-state index in [9.17, 15) is 24.6 Å². The number of rotatable bonds is 5. The van der Waals surface area contributed by atoms with Gasteiger partial charge in [0.2, 0.25) is 5.91 Å². The van der Waals surface area contributed by atoms with Crippen molar-refractivity contribution in [1.82, 2.24) is 9.80 Å². The lowest BCUT2D eigenvalue weighted by Crippen LogP contribution is -2.54. The second kappa shape index (κ2) is 8.70. The van der Waals surface area contributed by atoms with Crippen molar-refractivity contribution < 1.29 is 29.3 Å². The van der Waals surface area contributed by atoms with Crippen LogP contribution in [-0.2, 0) is 14.3 Å². The molecule has 0 saturated carbocycles. The first-order chi connectivity index (χ1) is 11.9. The number of nitrogens with zero attached hydrogens (tertiary/aromatic N) is 2.